The second kappa shape index (κ2) is 14.2. The predicted molar refractivity (Wildman–Crippen MR) is 147 cm³/mol. The van der Waals surface area contributed by atoms with Crippen LogP contribution in [0.4, 0.5) is 24.5 Å². The molecule has 4 rings (SSSR count). The summed E-state index contributed by atoms with van der Waals surface area (Å²) >= 11 is 0. The summed E-state index contributed by atoms with van der Waals surface area (Å²) in [6.45, 7) is 7.14. The number of anilines is 2. The number of carboxylic acid groups (broad SMARTS) is 1. The zero-order valence-electron chi connectivity index (χ0n) is 22.7. The minimum absolute atomic E-state index is 0.136. The minimum Gasteiger partial charge on any atom is -0.483 e. The van der Waals surface area contributed by atoms with Crippen LogP contribution in [0.2, 0.25) is 0 Å². The monoisotopic (exact) mass is 562 g/mol. The molecule has 218 valence electrons. The minimum atomic E-state index is -4.36. The van der Waals surface area contributed by atoms with Crippen LogP contribution in [0.1, 0.15) is 61.4 Å². The number of halogens is 3. The van der Waals surface area contributed by atoms with Gasteiger partial charge in [0.05, 0.1) is 12.0 Å². The zero-order chi connectivity index (χ0) is 29.2. The van der Waals surface area contributed by atoms with E-state index in [1.54, 1.807) is 12.1 Å². The van der Waals surface area contributed by atoms with E-state index in [9.17, 15) is 22.8 Å². The number of nitrogens with one attached hydrogen (secondary N) is 2. The topological polar surface area (TPSA) is 102 Å². The van der Waals surface area contributed by atoms with Gasteiger partial charge >= 0.3 is 6.18 Å². The molecule has 3 N–H and O–H groups in total. The molecule has 0 unspecified atom stereocenters. The number of hydrogen-bond acceptors (Lipinski definition) is 5. The van der Waals surface area contributed by atoms with E-state index >= 15 is 0 Å². The molecule has 1 saturated carbocycles. The summed E-state index contributed by atoms with van der Waals surface area (Å²) in [7, 11) is 0. The van der Waals surface area contributed by atoms with Gasteiger partial charge in [-0.05, 0) is 74.2 Å². The van der Waals surface area contributed by atoms with Crippen LogP contribution in [0.5, 0.6) is 0 Å². The van der Waals surface area contributed by atoms with Crippen LogP contribution in [0, 0.1) is 0 Å². The fourth-order valence-corrected chi connectivity index (χ4v) is 5.03. The van der Waals surface area contributed by atoms with Crippen molar-refractivity contribution in [2.24, 2.45) is 0 Å². The molecule has 2 fully saturated rings. The van der Waals surface area contributed by atoms with Gasteiger partial charge in [0.15, 0.2) is 0 Å². The molecule has 0 atom stereocenters. The number of alkyl halides is 3. The Bertz CT molecular complexity index is 1110. The van der Waals surface area contributed by atoms with Crippen LogP contribution in [-0.4, -0.2) is 67.2 Å². The third kappa shape index (κ3) is 8.70. The number of piperazine rings is 1. The standard InChI is InChI=1S/C28H35F3N4O2.CH2O2/c1-2-16-34-17-19-35(20-18-34)24-10-4-21(5-11-24)26(37)33-27(13-3-14-27)22-6-8-23(9-7-22)32-25(36)12-15-28(29,30)31;2-1-3/h4-11H,2-3,12-20H2,1H3,(H,32,36)(H,33,37);1H,(H,2,3). The maximum atomic E-state index is 13.1. The maximum absolute atomic E-state index is 13.1. The lowest BCUT2D eigenvalue weighted by Crippen LogP contribution is -2.50. The summed E-state index contributed by atoms with van der Waals surface area (Å²) in [6, 6.07) is 14.7. The molecule has 2 aromatic rings. The highest BCUT2D eigenvalue weighted by molar-refractivity contribution is 5.95. The molecule has 40 heavy (non-hydrogen) atoms. The molecule has 2 aromatic carbocycles. The number of rotatable bonds is 9. The van der Waals surface area contributed by atoms with Crippen molar-refractivity contribution in [2.75, 3.05) is 42.9 Å². The molecule has 0 spiro atoms. The van der Waals surface area contributed by atoms with Crippen LogP contribution < -0.4 is 15.5 Å². The van der Waals surface area contributed by atoms with E-state index in [0.717, 1.165) is 69.7 Å². The Morgan fingerprint density at radius 1 is 1.00 bits per heavy atom. The van der Waals surface area contributed by atoms with E-state index in [2.05, 4.69) is 27.4 Å². The van der Waals surface area contributed by atoms with Gasteiger partial charge in [-0.15, -0.1) is 0 Å². The molecule has 1 aliphatic carbocycles. The summed E-state index contributed by atoms with van der Waals surface area (Å²) in [5.74, 6) is -0.813. The first-order chi connectivity index (χ1) is 19.1. The molecule has 2 aliphatic rings. The van der Waals surface area contributed by atoms with Gasteiger partial charge in [-0.25, -0.2) is 0 Å². The first kappa shape index (κ1) is 30.9. The lowest BCUT2D eigenvalue weighted by atomic mass is 9.71. The summed E-state index contributed by atoms with van der Waals surface area (Å²) in [5, 5.41) is 12.6. The zero-order valence-corrected chi connectivity index (χ0v) is 22.7. The second-order valence-corrected chi connectivity index (χ2v) is 10.1. The van der Waals surface area contributed by atoms with Gasteiger partial charge in [-0.1, -0.05) is 19.1 Å². The Balaban J connectivity index is 0.00000141. The Kier molecular flexibility index (Phi) is 10.9. The van der Waals surface area contributed by atoms with Crippen molar-refractivity contribution in [1.29, 1.82) is 0 Å². The molecular weight excluding hydrogens is 525 g/mol. The van der Waals surface area contributed by atoms with Crippen LogP contribution in [0.15, 0.2) is 48.5 Å². The van der Waals surface area contributed by atoms with E-state index in [-0.39, 0.29) is 12.4 Å². The average molecular weight is 563 g/mol. The Morgan fingerprint density at radius 2 is 1.60 bits per heavy atom. The smallest absolute Gasteiger partial charge is 0.389 e. The fourth-order valence-electron chi connectivity index (χ4n) is 5.03. The molecule has 1 saturated heterocycles. The predicted octanol–water partition coefficient (Wildman–Crippen LogP) is 5.01. The normalized spacial score (nSPS) is 16.6. The van der Waals surface area contributed by atoms with Crippen LogP contribution in [0.25, 0.3) is 0 Å². The Hall–Kier alpha value is -3.60. The quantitative estimate of drug-likeness (QED) is 0.372. The lowest BCUT2D eigenvalue weighted by Gasteiger charge is -2.43. The highest BCUT2D eigenvalue weighted by Crippen LogP contribution is 2.42. The van der Waals surface area contributed by atoms with Gasteiger partial charge in [0, 0.05) is 49.5 Å². The summed E-state index contributed by atoms with van der Waals surface area (Å²) in [5.41, 5.74) is 2.60. The van der Waals surface area contributed by atoms with Gasteiger partial charge in [0.2, 0.25) is 5.91 Å². The number of amides is 2. The van der Waals surface area contributed by atoms with Crippen molar-refractivity contribution in [1.82, 2.24) is 10.2 Å². The number of benzene rings is 2. The van der Waals surface area contributed by atoms with E-state index in [4.69, 9.17) is 9.90 Å². The van der Waals surface area contributed by atoms with Crippen molar-refractivity contribution in [3.63, 3.8) is 0 Å². The van der Waals surface area contributed by atoms with E-state index in [1.165, 1.54) is 0 Å². The molecule has 0 aromatic heterocycles. The number of hydrogen-bond donors (Lipinski definition) is 3. The molecule has 0 bridgehead atoms. The molecule has 1 heterocycles. The van der Waals surface area contributed by atoms with Crippen molar-refractivity contribution in [2.45, 2.75) is 57.2 Å². The van der Waals surface area contributed by atoms with Gasteiger partial charge in [-0.3, -0.25) is 19.3 Å². The molecule has 0 radical (unpaired) electrons. The number of carbonyl (C=O) groups excluding carboxylic acids is 2. The average Bonchev–Trinajstić information content (AvgIpc) is 2.91. The van der Waals surface area contributed by atoms with Crippen LogP contribution >= 0.6 is 0 Å². The van der Waals surface area contributed by atoms with Gasteiger partial charge < -0.3 is 20.6 Å². The molecule has 1 aliphatic heterocycles. The highest BCUT2D eigenvalue weighted by Gasteiger charge is 2.40. The lowest BCUT2D eigenvalue weighted by molar-refractivity contribution is -0.142. The number of carbonyl (C=O) groups is 3. The Morgan fingerprint density at radius 3 is 2.10 bits per heavy atom. The first-order valence-electron chi connectivity index (χ1n) is 13.5. The Labute approximate surface area is 232 Å². The summed E-state index contributed by atoms with van der Waals surface area (Å²) < 4.78 is 37.0. The molecule has 8 nitrogen and oxygen atoms in total. The SMILES string of the molecule is CCCN1CCN(c2ccc(C(=O)NC3(c4ccc(NC(=O)CCC(F)(F)F)cc4)CCC3)cc2)CC1.O=CO. The van der Waals surface area contributed by atoms with E-state index < -0.39 is 30.5 Å². The largest absolute Gasteiger partial charge is 0.483 e. The fraction of sp³-hybridized carbons (Fsp3) is 0.483. The van der Waals surface area contributed by atoms with Gasteiger partial charge in [0.25, 0.3) is 12.4 Å². The first-order valence-corrected chi connectivity index (χ1v) is 13.5. The highest BCUT2D eigenvalue weighted by atomic mass is 19.4. The third-order valence-electron chi connectivity index (χ3n) is 7.32. The summed E-state index contributed by atoms with van der Waals surface area (Å²) in [6.07, 6.45) is -2.37. The number of nitrogens with zero attached hydrogens (tertiary/aromatic N) is 2. The molecular formula is C29H37F3N4O4. The van der Waals surface area contributed by atoms with E-state index in [1.807, 2.05) is 36.4 Å². The van der Waals surface area contributed by atoms with Gasteiger partial charge in [0.1, 0.15) is 0 Å². The van der Waals surface area contributed by atoms with Crippen LogP contribution in [0.3, 0.4) is 0 Å². The van der Waals surface area contributed by atoms with Crippen LogP contribution in [-0.2, 0) is 15.1 Å². The molecule has 11 heteroatoms. The van der Waals surface area contributed by atoms with Crippen molar-refractivity contribution < 1.29 is 32.7 Å². The summed E-state index contributed by atoms with van der Waals surface area (Å²) in [4.78, 5) is 38.1. The van der Waals surface area contributed by atoms with E-state index in [0.29, 0.717) is 11.3 Å². The van der Waals surface area contributed by atoms with Gasteiger partial charge in [-0.2, -0.15) is 13.2 Å². The maximum Gasteiger partial charge on any atom is 0.389 e. The molecule has 2 amide bonds. The third-order valence-corrected chi connectivity index (χ3v) is 7.32. The van der Waals surface area contributed by atoms with Crippen molar-refractivity contribution in [3.8, 4) is 0 Å². The van der Waals surface area contributed by atoms with Crippen molar-refractivity contribution in [3.05, 3.63) is 59.7 Å². The van der Waals surface area contributed by atoms with Crippen molar-refractivity contribution >= 4 is 29.7 Å². The second-order valence-electron chi connectivity index (χ2n) is 10.1.